The molecule has 2 aromatic rings. The van der Waals surface area contributed by atoms with Gasteiger partial charge in [0.1, 0.15) is 0 Å². The fourth-order valence-electron chi connectivity index (χ4n) is 1.06. The Morgan fingerprint density at radius 2 is 0.950 bits per heavy atom. The van der Waals surface area contributed by atoms with Crippen LogP contribution in [0.15, 0.2) is 27.8 Å². The van der Waals surface area contributed by atoms with Crippen LogP contribution in [0.1, 0.15) is 0 Å². The van der Waals surface area contributed by atoms with Gasteiger partial charge in [-0.2, -0.15) is 0 Å². The van der Waals surface area contributed by atoms with Gasteiger partial charge in [-0.3, -0.25) is 9.59 Å². The summed E-state index contributed by atoms with van der Waals surface area (Å²) in [7, 11) is 5.79. The predicted octanol–water partition coefficient (Wildman–Crippen LogP) is 5.23. The Morgan fingerprint density at radius 1 is 0.600 bits per heavy atom. The van der Waals surface area contributed by atoms with Gasteiger partial charge in [0.2, 0.25) is 0 Å². The highest BCUT2D eigenvalue weighted by Gasteiger charge is 2.07. The Kier molecular flexibility index (Phi) is 9.56. The Hall–Kier alpha value is 1.10. The minimum atomic E-state index is 0.210. The molecule has 112 valence electrons. The van der Waals surface area contributed by atoms with Crippen molar-refractivity contribution in [1.82, 2.24) is 0 Å². The van der Waals surface area contributed by atoms with E-state index >= 15 is 0 Å². The first-order valence-electron chi connectivity index (χ1n) is 5.01. The number of rotatable bonds is 4. The van der Waals surface area contributed by atoms with Crippen molar-refractivity contribution in [1.29, 1.82) is 0 Å². The molecule has 0 spiro atoms. The zero-order valence-corrected chi connectivity index (χ0v) is 17.6. The van der Waals surface area contributed by atoms with Gasteiger partial charge >= 0.3 is 0 Å². The average molecular weight is 421 g/mol. The standard InChI is InChI=1S/2C5H6OS4/c2*1-7-3-4(6)9-10-5(3)8-2/h2*1-2H3. The summed E-state index contributed by atoms with van der Waals surface area (Å²) in [6.07, 6.45) is 7.88. The summed E-state index contributed by atoms with van der Waals surface area (Å²) in [5.41, 5.74) is 0. The highest BCUT2D eigenvalue weighted by molar-refractivity contribution is 8.05. The first-order chi connectivity index (χ1) is 9.58. The highest BCUT2D eigenvalue weighted by atomic mass is 32.9. The van der Waals surface area contributed by atoms with Crippen LogP contribution in [-0.2, 0) is 0 Å². The van der Waals surface area contributed by atoms with E-state index in [1.165, 1.54) is 20.7 Å². The van der Waals surface area contributed by atoms with Crippen LogP contribution < -0.4 is 9.48 Å². The molecule has 2 heterocycles. The molecule has 0 aliphatic heterocycles. The maximum Gasteiger partial charge on any atom is 0.257 e. The largest absolute Gasteiger partial charge is 0.276 e. The number of hydrogen-bond donors (Lipinski definition) is 0. The van der Waals surface area contributed by atoms with Gasteiger partial charge in [0.25, 0.3) is 9.48 Å². The van der Waals surface area contributed by atoms with Crippen molar-refractivity contribution in [3.05, 3.63) is 19.1 Å². The lowest BCUT2D eigenvalue weighted by atomic mass is 10.8. The fourth-order valence-corrected chi connectivity index (χ4v) is 11.0. The van der Waals surface area contributed by atoms with Crippen LogP contribution in [0.4, 0.5) is 0 Å². The molecule has 0 fully saturated rings. The summed E-state index contributed by atoms with van der Waals surface area (Å²) in [6, 6.07) is 0. The van der Waals surface area contributed by atoms with Gasteiger partial charge in [-0.05, 0) is 45.7 Å². The Morgan fingerprint density at radius 3 is 1.15 bits per heavy atom. The molecule has 0 aliphatic rings. The van der Waals surface area contributed by atoms with E-state index in [1.54, 1.807) is 67.7 Å². The van der Waals surface area contributed by atoms with Crippen LogP contribution in [0, 0.1) is 0 Å². The van der Waals surface area contributed by atoms with Gasteiger partial charge in [-0.1, -0.05) is 20.7 Å². The van der Waals surface area contributed by atoms with E-state index in [4.69, 9.17) is 0 Å². The van der Waals surface area contributed by atoms with Crippen molar-refractivity contribution in [2.45, 2.75) is 18.2 Å². The summed E-state index contributed by atoms with van der Waals surface area (Å²) in [5.74, 6) is 0. The molecule has 2 aromatic heterocycles. The van der Waals surface area contributed by atoms with Crippen molar-refractivity contribution < 1.29 is 0 Å². The zero-order valence-electron chi connectivity index (χ0n) is 11.1. The maximum atomic E-state index is 11.0. The average Bonchev–Trinajstić information content (AvgIpc) is 3.01. The van der Waals surface area contributed by atoms with Crippen molar-refractivity contribution >= 4 is 88.4 Å². The molecular weight excluding hydrogens is 409 g/mol. The van der Waals surface area contributed by atoms with Crippen LogP contribution >= 0.6 is 88.4 Å². The van der Waals surface area contributed by atoms with E-state index in [1.807, 2.05) is 25.0 Å². The molecule has 0 aliphatic carbocycles. The number of hydrogen-bond acceptors (Lipinski definition) is 10. The van der Waals surface area contributed by atoms with E-state index in [0.717, 1.165) is 18.2 Å². The smallest absolute Gasteiger partial charge is 0.257 e. The third-order valence-electron chi connectivity index (χ3n) is 1.91. The van der Waals surface area contributed by atoms with Crippen molar-refractivity contribution in [3.8, 4) is 0 Å². The quantitative estimate of drug-likeness (QED) is 0.498. The molecule has 0 atom stereocenters. The first-order valence-corrected chi connectivity index (χ1v) is 14.2. The third-order valence-corrected chi connectivity index (χ3v) is 11.6. The minimum Gasteiger partial charge on any atom is -0.276 e. The minimum absolute atomic E-state index is 0.210. The molecule has 0 saturated carbocycles. The molecule has 0 bridgehead atoms. The summed E-state index contributed by atoms with van der Waals surface area (Å²) < 4.78 is 2.73. The first kappa shape index (κ1) is 19.1. The topological polar surface area (TPSA) is 34.1 Å². The van der Waals surface area contributed by atoms with E-state index in [0.29, 0.717) is 0 Å². The zero-order chi connectivity index (χ0) is 15.1. The van der Waals surface area contributed by atoms with E-state index < -0.39 is 0 Å². The lowest BCUT2D eigenvalue weighted by molar-refractivity contribution is 1.36. The summed E-state index contributed by atoms with van der Waals surface area (Å²) in [4.78, 5) is 23.9. The maximum absolute atomic E-state index is 11.0. The van der Waals surface area contributed by atoms with Crippen LogP contribution in [-0.4, -0.2) is 25.0 Å². The summed E-state index contributed by atoms with van der Waals surface area (Å²) in [5, 5.41) is 0. The Labute approximate surface area is 149 Å². The third kappa shape index (κ3) is 5.08. The fraction of sp³-hybridized carbons (Fsp3) is 0.400. The van der Waals surface area contributed by atoms with Gasteiger partial charge < -0.3 is 0 Å². The molecule has 0 saturated heterocycles. The lowest BCUT2D eigenvalue weighted by Crippen LogP contribution is -1.90. The molecule has 0 unspecified atom stereocenters. The second-order valence-electron chi connectivity index (χ2n) is 2.96. The normalized spacial score (nSPS) is 10.2. The van der Waals surface area contributed by atoms with Crippen LogP contribution in [0.3, 0.4) is 0 Å². The van der Waals surface area contributed by atoms with Crippen molar-refractivity contribution in [2.24, 2.45) is 0 Å². The molecule has 0 radical (unpaired) electrons. The molecule has 0 aromatic carbocycles. The van der Waals surface area contributed by atoms with Crippen LogP contribution in [0.5, 0.6) is 0 Å². The van der Waals surface area contributed by atoms with Gasteiger partial charge in [0.15, 0.2) is 0 Å². The van der Waals surface area contributed by atoms with E-state index in [2.05, 4.69) is 0 Å². The van der Waals surface area contributed by atoms with Crippen molar-refractivity contribution in [2.75, 3.05) is 25.0 Å². The summed E-state index contributed by atoms with van der Waals surface area (Å²) >= 11 is 6.38. The summed E-state index contributed by atoms with van der Waals surface area (Å²) in [6.45, 7) is 0. The second-order valence-corrected chi connectivity index (χ2v) is 11.0. The Bertz CT molecular complexity index is 578. The Balaban J connectivity index is 0.000000200. The monoisotopic (exact) mass is 420 g/mol. The molecular formula is C10H12O2S8. The van der Waals surface area contributed by atoms with E-state index in [9.17, 15) is 9.59 Å². The molecule has 0 N–H and O–H groups in total. The molecule has 10 heteroatoms. The van der Waals surface area contributed by atoms with Gasteiger partial charge in [0.05, 0.1) is 18.2 Å². The lowest BCUT2D eigenvalue weighted by Gasteiger charge is -1.89. The van der Waals surface area contributed by atoms with Crippen LogP contribution in [0.25, 0.3) is 0 Å². The molecule has 0 amide bonds. The van der Waals surface area contributed by atoms with Gasteiger partial charge in [-0.15, -0.1) is 47.0 Å². The van der Waals surface area contributed by atoms with Crippen molar-refractivity contribution in [3.63, 3.8) is 0 Å². The SMILES string of the molecule is CSc1ssc(=O)c1SC.CSc1ssc(=O)c1SC. The molecule has 2 rings (SSSR count). The second kappa shape index (κ2) is 9.98. The predicted molar refractivity (Wildman–Crippen MR) is 104 cm³/mol. The van der Waals surface area contributed by atoms with Crippen LogP contribution in [0.2, 0.25) is 0 Å². The van der Waals surface area contributed by atoms with Gasteiger partial charge in [0, 0.05) is 0 Å². The molecule has 2 nitrogen and oxygen atoms in total. The number of thioether (sulfide) groups is 4. The van der Waals surface area contributed by atoms with E-state index in [-0.39, 0.29) is 9.48 Å². The molecule has 20 heavy (non-hydrogen) atoms. The highest BCUT2D eigenvalue weighted by Crippen LogP contribution is 2.32. The van der Waals surface area contributed by atoms with Gasteiger partial charge in [-0.25, -0.2) is 0 Å².